The van der Waals surface area contributed by atoms with Crippen molar-refractivity contribution in [1.29, 1.82) is 0 Å². The van der Waals surface area contributed by atoms with Gasteiger partial charge in [-0.3, -0.25) is 4.79 Å². The van der Waals surface area contributed by atoms with Gasteiger partial charge in [0.05, 0.1) is 17.8 Å². The summed E-state index contributed by atoms with van der Waals surface area (Å²) in [6, 6.07) is 7.20. The molecule has 1 fully saturated rings. The molecular weight excluding hydrogens is 338 g/mol. The Labute approximate surface area is 143 Å². The number of piperidine rings is 1. The summed E-state index contributed by atoms with van der Waals surface area (Å²) in [4.78, 5) is 13.9. The highest BCUT2D eigenvalue weighted by molar-refractivity contribution is 6.99. The summed E-state index contributed by atoms with van der Waals surface area (Å²) in [7, 11) is 0. The number of halogens is 1. The Bertz CT molecular complexity index is 669. The zero-order valence-corrected chi connectivity index (χ0v) is 13.9. The summed E-state index contributed by atoms with van der Waals surface area (Å²) in [6.45, 7) is 1.04. The van der Waals surface area contributed by atoms with E-state index in [1.165, 1.54) is 0 Å². The van der Waals surface area contributed by atoms with Crippen LogP contribution in [0, 0.1) is 0 Å². The van der Waals surface area contributed by atoms with Gasteiger partial charge in [-0.25, -0.2) is 0 Å². The minimum Gasteiger partial charge on any atom is -0.465 e. The van der Waals surface area contributed by atoms with E-state index < -0.39 is 0 Å². The van der Waals surface area contributed by atoms with Crippen molar-refractivity contribution in [1.82, 2.24) is 13.6 Å². The second-order valence-electron chi connectivity index (χ2n) is 5.33. The van der Waals surface area contributed by atoms with E-state index in [4.69, 9.17) is 16.3 Å². The molecule has 0 spiro atoms. The Hall–Kier alpha value is -1.70. The van der Waals surface area contributed by atoms with E-state index in [1.54, 1.807) is 17.0 Å². The smallest absolute Gasteiger partial charge is 0.260 e. The van der Waals surface area contributed by atoms with Crippen molar-refractivity contribution >= 4 is 29.2 Å². The summed E-state index contributed by atoms with van der Waals surface area (Å²) in [5.41, 5.74) is 1.44. The van der Waals surface area contributed by atoms with Gasteiger partial charge in [-0.2, -0.15) is 4.37 Å². The second-order valence-corrected chi connectivity index (χ2v) is 6.29. The Balaban J connectivity index is 1.62. The fourth-order valence-corrected chi connectivity index (χ4v) is 3.04. The maximum atomic E-state index is 12.1. The molecule has 0 saturated carbocycles. The molecule has 6 nitrogen and oxygen atoms in total. The molecule has 1 aliphatic rings. The Morgan fingerprint density at radius 1 is 1.30 bits per heavy atom. The van der Waals surface area contributed by atoms with Gasteiger partial charge in [0.2, 0.25) is 0 Å². The molecule has 1 aromatic carbocycles. The van der Waals surface area contributed by atoms with Crippen LogP contribution in [0.2, 0.25) is 5.02 Å². The van der Waals surface area contributed by atoms with Gasteiger partial charge in [-0.05, 0) is 25.0 Å². The average Bonchev–Trinajstić information content (AvgIpc) is 3.02. The predicted octanol–water partition coefficient (Wildman–Crippen LogP) is 2.22. The van der Waals surface area contributed by atoms with Crippen molar-refractivity contribution in [3.63, 3.8) is 0 Å². The SMILES string of the molecule is O=C(COc1nsnc1-c1ccc(Cl)cc1)N1CCC(O)CC1. The highest BCUT2D eigenvalue weighted by Gasteiger charge is 2.22. The van der Waals surface area contributed by atoms with Gasteiger partial charge in [-0.1, -0.05) is 23.7 Å². The molecule has 2 aromatic rings. The summed E-state index contributed by atoms with van der Waals surface area (Å²) in [5, 5.41) is 10.1. The van der Waals surface area contributed by atoms with Crippen LogP contribution in [0.25, 0.3) is 11.3 Å². The van der Waals surface area contributed by atoms with Crippen LogP contribution < -0.4 is 4.74 Å². The molecule has 1 N–H and O–H groups in total. The van der Waals surface area contributed by atoms with Crippen LogP contribution >= 0.6 is 23.3 Å². The number of hydrogen-bond donors (Lipinski definition) is 1. The number of hydrogen-bond acceptors (Lipinski definition) is 6. The van der Waals surface area contributed by atoms with Crippen molar-refractivity contribution in [2.45, 2.75) is 18.9 Å². The van der Waals surface area contributed by atoms with Crippen molar-refractivity contribution in [2.24, 2.45) is 0 Å². The standard InChI is InChI=1S/C15H16ClN3O3S/c16-11-3-1-10(2-4-11)14-15(18-23-17-14)22-9-13(21)19-7-5-12(20)6-8-19/h1-4,12,20H,5-9H2. The number of benzene rings is 1. The Kier molecular flexibility index (Phi) is 5.09. The summed E-state index contributed by atoms with van der Waals surface area (Å²) < 4.78 is 13.9. The summed E-state index contributed by atoms with van der Waals surface area (Å²) in [6.07, 6.45) is 0.916. The predicted molar refractivity (Wildman–Crippen MR) is 87.7 cm³/mol. The highest BCUT2D eigenvalue weighted by atomic mass is 35.5. The number of likely N-dealkylation sites (tertiary alicyclic amines) is 1. The zero-order chi connectivity index (χ0) is 16.2. The maximum Gasteiger partial charge on any atom is 0.260 e. The number of rotatable bonds is 4. The number of ether oxygens (including phenoxy) is 1. The highest BCUT2D eigenvalue weighted by Crippen LogP contribution is 2.28. The lowest BCUT2D eigenvalue weighted by Gasteiger charge is -2.29. The van der Waals surface area contributed by atoms with Crippen LogP contribution in [-0.4, -0.2) is 50.5 Å². The van der Waals surface area contributed by atoms with Gasteiger partial charge < -0.3 is 14.7 Å². The lowest BCUT2D eigenvalue weighted by molar-refractivity contribution is -0.135. The second kappa shape index (κ2) is 7.25. The fraction of sp³-hybridized carbons (Fsp3) is 0.400. The number of nitrogens with zero attached hydrogens (tertiary/aromatic N) is 3. The molecule has 0 aliphatic carbocycles. The summed E-state index contributed by atoms with van der Waals surface area (Å²) in [5.74, 6) is 0.245. The molecule has 1 amide bonds. The van der Waals surface area contributed by atoms with Crippen molar-refractivity contribution in [3.05, 3.63) is 29.3 Å². The van der Waals surface area contributed by atoms with Crippen LogP contribution in [0.4, 0.5) is 0 Å². The van der Waals surface area contributed by atoms with Crippen LogP contribution in [0.3, 0.4) is 0 Å². The van der Waals surface area contributed by atoms with E-state index in [0.29, 0.717) is 42.5 Å². The first-order chi connectivity index (χ1) is 11.1. The molecule has 3 rings (SSSR count). The number of carbonyl (C=O) groups excluding carboxylic acids is 1. The van der Waals surface area contributed by atoms with Gasteiger partial charge in [0.15, 0.2) is 6.61 Å². The molecule has 0 atom stereocenters. The maximum absolute atomic E-state index is 12.1. The van der Waals surface area contributed by atoms with E-state index in [-0.39, 0.29) is 18.6 Å². The van der Waals surface area contributed by atoms with Gasteiger partial charge in [0, 0.05) is 23.7 Å². The van der Waals surface area contributed by atoms with E-state index in [0.717, 1.165) is 17.3 Å². The molecule has 0 unspecified atom stereocenters. The number of aromatic nitrogens is 2. The molecule has 2 heterocycles. The topological polar surface area (TPSA) is 75.5 Å². The lowest BCUT2D eigenvalue weighted by Crippen LogP contribution is -2.42. The van der Waals surface area contributed by atoms with E-state index in [9.17, 15) is 9.90 Å². The molecule has 8 heteroatoms. The first-order valence-corrected chi connectivity index (χ1v) is 8.41. The molecule has 1 aromatic heterocycles. The summed E-state index contributed by atoms with van der Waals surface area (Å²) >= 11 is 6.92. The van der Waals surface area contributed by atoms with Crippen molar-refractivity contribution in [3.8, 4) is 17.1 Å². The molecule has 1 aliphatic heterocycles. The van der Waals surface area contributed by atoms with Crippen LogP contribution in [0.15, 0.2) is 24.3 Å². The Morgan fingerprint density at radius 2 is 2.00 bits per heavy atom. The van der Waals surface area contributed by atoms with Crippen molar-refractivity contribution in [2.75, 3.05) is 19.7 Å². The number of aliphatic hydroxyl groups is 1. The first kappa shape index (κ1) is 16.2. The first-order valence-electron chi connectivity index (χ1n) is 7.30. The monoisotopic (exact) mass is 353 g/mol. The van der Waals surface area contributed by atoms with Crippen molar-refractivity contribution < 1.29 is 14.6 Å². The van der Waals surface area contributed by atoms with Crippen LogP contribution in [-0.2, 0) is 4.79 Å². The zero-order valence-electron chi connectivity index (χ0n) is 12.3. The minimum absolute atomic E-state index is 0.0813. The largest absolute Gasteiger partial charge is 0.465 e. The molecule has 0 radical (unpaired) electrons. The van der Waals surface area contributed by atoms with E-state index >= 15 is 0 Å². The van der Waals surface area contributed by atoms with Gasteiger partial charge in [0.1, 0.15) is 5.69 Å². The third-order valence-corrected chi connectivity index (χ3v) is 4.49. The van der Waals surface area contributed by atoms with E-state index in [1.807, 2.05) is 12.1 Å². The number of carbonyl (C=O) groups is 1. The van der Waals surface area contributed by atoms with E-state index in [2.05, 4.69) is 8.75 Å². The van der Waals surface area contributed by atoms with Gasteiger partial charge >= 0.3 is 0 Å². The third kappa shape index (κ3) is 3.99. The third-order valence-electron chi connectivity index (χ3n) is 3.73. The number of aliphatic hydroxyl groups excluding tert-OH is 1. The molecular formula is C15H16ClN3O3S. The van der Waals surface area contributed by atoms with Gasteiger partial charge in [0.25, 0.3) is 11.8 Å². The fourth-order valence-electron chi connectivity index (χ4n) is 2.40. The molecule has 0 bridgehead atoms. The quantitative estimate of drug-likeness (QED) is 0.912. The molecule has 1 saturated heterocycles. The molecule has 23 heavy (non-hydrogen) atoms. The van der Waals surface area contributed by atoms with Gasteiger partial charge in [-0.15, -0.1) is 4.37 Å². The molecule has 122 valence electrons. The Morgan fingerprint density at radius 3 is 2.70 bits per heavy atom. The lowest BCUT2D eigenvalue weighted by atomic mass is 10.1. The average molecular weight is 354 g/mol. The minimum atomic E-state index is -0.306. The van der Waals surface area contributed by atoms with Crippen LogP contribution in [0.1, 0.15) is 12.8 Å². The number of amides is 1. The normalized spacial score (nSPS) is 15.7. The van der Waals surface area contributed by atoms with Crippen LogP contribution in [0.5, 0.6) is 5.88 Å².